The fraction of sp³-hybridized carbons (Fsp3) is 0.614. The molecule has 2 atom stereocenters. The van der Waals surface area contributed by atoms with Crippen LogP contribution in [0.25, 0.3) is 0 Å². The molecule has 0 aliphatic heterocycles. The van der Waals surface area contributed by atoms with E-state index in [0.29, 0.717) is 52.3 Å². The van der Waals surface area contributed by atoms with Crippen LogP contribution in [0.4, 0.5) is 9.59 Å². The molecular formula is C44H73ClN4O11. The van der Waals surface area contributed by atoms with Gasteiger partial charge in [-0.2, -0.15) is 0 Å². The molecule has 0 aromatic heterocycles. The largest absolute Gasteiger partial charge is 0.460 e. The lowest BCUT2D eigenvalue weighted by atomic mass is 10.0. The van der Waals surface area contributed by atoms with E-state index in [0.717, 1.165) is 11.1 Å². The monoisotopic (exact) mass is 868 g/mol. The normalized spacial score (nSPS) is 12.0. The Labute approximate surface area is 364 Å². The highest BCUT2D eigenvalue weighted by Gasteiger charge is 2.28. The molecular weight excluding hydrogens is 796 g/mol. The van der Waals surface area contributed by atoms with Crippen LogP contribution in [0.3, 0.4) is 0 Å². The third-order valence-corrected chi connectivity index (χ3v) is 7.63. The molecule has 0 saturated carbocycles. The number of hydrogen-bond donors (Lipinski definition) is 3. The first-order chi connectivity index (χ1) is 27.7. The topological polar surface area (TPSA) is 180 Å². The average molecular weight is 870 g/mol. The minimum absolute atomic E-state index is 0. The van der Waals surface area contributed by atoms with Gasteiger partial charge in [0.1, 0.15) is 49.4 Å². The van der Waals surface area contributed by atoms with Gasteiger partial charge < -0.3 is 49.2 Å². The van der Waals surface area contributed by atoms with Gasteiger partial charge in [0, 0.05) is 19.6 Å². The van der Waals surface area contributed by atoms with Gasteiger partial charge in [0.15, 0.2) is 0 Å². The zero-order chi connectivity index (χ0) is 44.9. The molecule has 2 aromatic carbocycles. The molecule has 0 saturated heterocycles. The molecule has 0 aliphatic rings. The van der Waals surface area contributed by atoms with E-state index < -0.39 is 23.4 Å². The van der Waals surface area contributed by atoms with Crippen molar-refractivity contribution in [2.75, 3.05) is 60.2 Å². The van der Waals surface area contributed by atoms with Crippen LogP contribution >= 0.6 is 12.4 Å². The minimum Gasteiger partial charge on any atom is -0.460 e. The van der Waals surface area contributed by atoms with Crippen LogP contribution < -0.4 is 16.0 Å². The Bertz CT molecular complexity index is 1450. The number of carbonyl (C=O) groups is 5. The van der Waals surface area contributed by atoms with E-state index in [1.54, 1.807) is 27.8 Å². The molecule has 2 aromatic rings. The van der Waals surface area contributed by atoms with Crippen LogP contribution in [0.1, 0.15) is 80.4 Å². The molecule has 0 aliphatic carbocycles. The van der Waals surface area contributed by atoms with Crippen molar-refractivity contribution in [2.45, 2.75) is 106 Å². The minimum atomic E-state index is -0.519. The standard InChI is InChI=1S/C22H36N2O5.C13H19NO2.C9H17NO4.ClH/c1-17(2)19(20(25)28-16-18-10-8-7-9-11-18)24(6)13-15-27-14-12-23-21(26)29-22(3,4)5;1-10(2)12(14-3)13(15)16-9-11-7-5-4-6-8-11;1-9(2,3)14-8(12)10-4-6-13-7-5-11;/h7-11,17,19H,12-16H2,1-6H3,(H,23,26);4-8,10,12,14H,9H2,1-3H3;5H,4,6-7H2,1-3H3,(H,10,12);1H/t19-;12-;;/m00../s1. The van der Waals surface area contributed by atoms with Gasteiger partial charge in [-0.1, -0.05) is 88.4 Å². The maximum Gasteiger partial charge on any atom is 0.407 e. The molecule has 0 bridgehead atoms. The van der Waals surface area contributed by atoms with Gasteiger partial charge >= 0.3 is 24.1 Å². The zero-order valence-electron chi connectivity index (χ0n) is 37.9. The van der Waals surface area contributed by atoms with E-state index in [9.17, 15) is 24.0 Å². The van der Waals surface area contributed by atoms with Crippen molar-refractivity contribution in [3.8, 4) is 0 Å². The maximum absolute atomic E-state index is 12.6. The number of nitrogens with one attached hydrogen (secondary N) is 3. The van der Waals surface area contributed by atoms with E-state index in [-0.39, 0.29) is 61.5 Å². The summed E-state index contributed by atoms with van der Waals surface area (Å²) in [5.41, 5.74) is 0.962. The molecule has 2 rings (SSSR count). The highest BCUT2D eigenvalue weighted by atomic mass is 35.5. The van der Waals surface area contributed by atoms with E-state index >= 15 is 0 Å². The Morgan fingerprint density at radius 2 is 1.10 bits per heavy atom. The van der Waals surface area contributed by atoms with Crippen molar-refractivity contribution < 1.29 is 52.4 Å². The number of alkyl carbamates (subject to hydrolysis) is 2. The second-order valence-corrected chi connectivity index (χ2v) is 16.1. The van der Waals surface area contributed by atoms with Crippen molar-refractivity contribution in [2.24, 2.45) is 11.8 Å². The molecule has 0 fully saturated rings. The van der Waals surface area contributed by atoms with Crippen LogP contribution in [0.2, 0.25) is 0 Å². The Kier molecular flexibility index (Phi) is 31.3. The second kappa shape index (κ2) is 32.5. The van der Waals surface area contributed by atoms with Crippen LogP contribution in [-0.4, -0.2) is 119 Å². The van der Waals surface area contributed by atoms with E-state index in [2.05, 4.69) is 16.0 Å². The van der Waals surface area contributed by atoms with E-state index in [1.165, 1.54) is 0 Å². The Morgan fingerprint density at radius 3 is 1.48 bits per heavy atom. The van der Waals surface area contributed by atoms with Gasteiger partial charge in [-0.05, 0) is 78.6 Å². The van der Waals surface area contributed by atoms with Crippen molar-refractivity contribution in [3.05, 3.63) is 71.8 Å². The highest BCUT2D eigenvalue weighted by Crippen LogP contribution is 2.13. The van der Waals surface area contributed by atoms with Crippen LogP contribution in [0, 0.1) is 11.8 Å². The summed E-state index contributed by atoms with van der Waals surface area (Å²) in [5.74, 6) is -0.0929. The summed E-state index contributed by atoms with van der Waals surface area (Å²) < 4.78 is 31.3. The number of halogens is 1. The van der Waals surface area contributed by atoms with Gasteiger partial charge in [-0.25, -0.2) is 9.59 Å². The number of aldehydes is 1. The number of carbonyl (C=O) groups excluding carboxylic acids is 5. The fourth-order valence-corrected chi connectivity index (χ4v) is 4.98. The lowest BCUT2D eigenvalue weighted by molar-refractivity contribution is -0.153. The molecule has 16 heteroatoms. The van der Waals surface area contributed by atoms with E-state index in [1.807, 2.05) is 121 Å². The van der Waals surface area contributed by atoms with Crippen molar-refractivity contribution >= 4 is 42.8 Å². The third-order valence-electron chi connectivity index (χ3n) is 7.63. The molecule has 0 spiro atoms. The first kappa shape index (κ1) is 57.8. The van der Waals surface area contributed by atoms with Crippen molar-refractivity contribution in [3.63, 3.8) is 0 Å². The summed E-state index contributed by atoms with van der Waals surface area (Å²) in [6.07, 6.45) is -0.278. The quantitative estimate of drug-likeness (QED) is 0.0548. The molecule has 60 heavy (non-hydrogen) atoms. The van der Waals surface area contributed by atoms with E-state index in [4.69, 9.17) is 28.4 Å². The number of ether oxygens (including phenoxy) is 6. The maximum atomic E-state index is 12.6. The molecule has 3 N–H and O–H groups in total. The van der Waals surface area contributed by atoms with Crippen LogP contribution in [-0.2, 0) is 56.0 Å². The molecule has 2 amide bonds. The predicted octanol–water partition coefficient (Wildman–Crippen LogP) is 6.35. The molecule has 0 heterocycles. The summed E-state index contributed by atoms with van der Waals surface area (Å²) in [6, 6.07) is 18.7. The summed E-state index contributed by atoms with van der Waals surface area (Å²) in [6.45, 7) is 21.8. The second-order valence-electron chi connectivity index (χ2n) is 16.1. The lowest BCUT2D eigenvalue weighted by Gasteiger charge is -2.29. The van der Waals surface area contributed by atoms with Gasteiger partial charge in [-0.3, -0.25) is 14.5 Å². The first-order valence-corrected chi connectivity index (χ1v) is 20.0. The van der Waals surface area contributed by atoms with Crippen molar-refractivity contribution in [1.82, 2.24) is 20.9 Å². The number of hydrogen-bond acceptors (Lipinski definition) is 13. The molecule has 0 unspecified atom stereocenters. The number of rotatable bonds is 21. The molecule has 0 radical (unpaired) electrons. The van der Waals surface area contributed by atoms with Gasteiger partial charge in [0.05, 0.1) is 19.8 Å². The Hall–Kier alpha value is -4.28. The van der Waals surface area contributed by atoms with Gasteiger partial charge in [0.2, 0.25) is 0 Å². The zero-order valence-corrected chi connectivity index (χ0v) is 38.7. The summed E-state index contributed by atoms with van der Waals surface area (Å²) in [4.78, 5) is 58.6. The predicted molar refractivity (Wildman–Crippen MR) is 235 cm³/mol. The highest BCUT2D eigenvalue weighted by molar-refractivity contribution is 5.85. The molecule has 342 valence electrons. The van der Waals surface area contributed by atoms with Crippen LogP contribution in [0.5, 0.6) is 0 Å². The summed E-state index contributed by atoms with van der Waals surface area (Å²) >= 11 is 0. The summed E-state index contributed by atoms with van der Waals surface area (Å²) in [7, 11) is 3.66. The summed E-state index contributed by atoms with van der Waals surface area (Å²) in [5, 5.41) is 8.10. The number of likely N-dealkylation sites (N-methyl/N-ethyl adjacent to an activating group) is 2. The Morgan fingerprint density at radius 1 is 0.667 bits per heavy atom. The first-order valence-electron chi connectivity index (χ1n) is 20.0. The fourth-order valence-electron chi connectivity index (χ4n) is 4.98. The average Bonchev–Trinajstić information content (AvgIpc) is 3.14. The third kappa shape index (κ3) is 30.7. The van der Waals surface area contributed by atoms with Crippen LogP contribution in [0.15, 0.2) is 60.7 Å². The molecule has 15 nitrogen and oxygen atoms in total. The van der Waals surface area contributed by atoms with Gasteiger partial charge in [0.25, 0.3) is 0 Å². The number of esters is 2. The number of amides is 2. The smallest absolute Gasteiger partial charge is 0.407 e. The Balaban J connectivity index is 0. The lowest BCUT2D eigenvalue weighted by Crippen LogP contribution is -2.45. The van der Waals surface area contributed by atoms with Gasteiger partial charge in [-0.15, -0.1) is 12.4 Å². The SMILES string of the molecule is CC(C)(C)OC(=O)NCCOCC=O.CC(C)[C@@H](C(=O)OCc1ccccc1)N(C)CCOCCNC(=O)OC(C)(C)C.CN[C@H](C(=O)OCc1ccccc1)C(C)C.Cl. The number of benzene rings is 2. The van der Waals surface area contributed by atoms with Crippen molar-refractivity contribution in [1.29, 1.82) is 0 Å². The number of nitrogens with zero attached hydrogens (tertiary/aromatic N) is 1.